The van der Waals surface area contributed by atoms with E-state index in [0.717, 1.165) is 49.8 Å². The van der Waals surface area contributed by atoms with Crippen molar-refractivity contribution < 1.29 is 4.42 Å². The third kappa shape index (κ3) is 5.46. The molecule has 3 aromatic heterocycles. The Hall–Kier alpha value is -6.11. The van der Waals surface area contributed by atoms with Gasteiger partial charge in [-0.2, -0.15) is 0 Å². The number of furan rings is 1. The second kappa shape index (κ2) is 13.0. The van der Waals surface area contributed by atoms with Gasteiger partial charge in [0.1, 0.15) is 50.4 Å². The molecule has 10 radical (unpaired) electrons. The molecular formula is C45H22B5N3OS. The van der Waals surface area contributed by atoms with Gasteiger partial charge in [-0.1, -0.05) is 120 Å². The van der Waals surface area contributed by atoms with Crippen LogP contribution in [0.3, 0.4) is 0 Å². The summed E-state index contributed by atoms with van der Waals surface area (Å²) in [5.41, 5.74) is 8.64. The molecule has 4 nitrogen and oxygen atoms in total. The van der Waals surface area contributed by atoms with Gasteiger partial charge in [-0.3, -0.25) is 0 Å². The Balaban J connectivity index is 1.14. The van der Waals surface area contributed by atoms with E-state index in [1.807, 2.05) is 84.1 Å². The first-order valence-electron chi connectivity index (χ1n) is 17.6. The first-order valence-corrected chi connectivity index (χ1v) is 18.5. The Morgan fingerprint density at radius 3 is 1.76 bits per heavy atom. The van der Waals surface area contributed by atoms with Gasteiger partial charge >= 0.3 is 0 Å². The Labute approximate surface area is 327 Å². The molecule has 0 saturated heterocycles. The molecule has 10 heteroatoms. The summed E-state index contributed by atoms with van der Waals surface area (Å²) in [6.45, 7) is 0. The predicted octanol–water partition coefficient (Wildman–Crippen LogP) is 6.44. The highest BCUT2D eigenvalue weighted by Gasteiger charge is 2.20. The minimum Gasteiger partial charge on any atom is -0.456 e. The molecular weight excluding hydrogens is 685 g/mol. The van der Waals surface area contributed by atoms with Crippen molar-refractivity contribution in [1.82, 2.24) is 15.0 Å². The third-order valence-electron chi connectivity index (χ3n) is 10.2. The monoisotopic (exact) mass is 707 g/mol. The largest absolute Gasteiger partial charge is 0.456 e. The van der Waals surface area contributed by atoms with Crippen molar-refractivity contribution in [3.8, 4) is 56.4 Å². The summed E-state index contributed by atoms with van der Waals surface area (Å²) < 4.78 is 8.98. The number of benzene rings is 7. The van der Waals surface area contributed by atoms with E-state index in [0.29, 0.717) is 23.0 Å². The first-order chi connectivity index (χ1) is 26.8. The number of fused-ring (bicyclic) bond motifs is 6. The van der Waals surface area contributed by atoms with Gasteiger partial charge in [0.05, 0.1) is 0 Å². The molecule has 0 amide bonds. The zero-order valence-corrected chi connectivity index (χ0v) is 30.1. The lowest BCUT2D eigenvalue weighted by Crippen LogP contribution is -2.55. The van der Waals surface area contributed by atoms with E-state index in [-0.39, 0.29) is 27.3 Å². The molecule has 55 heavy (non-hydrogen) atoms. The van der Waals surface area contributed by atoms with Crippen molar-refractivity contribution in [2.45, 2.75) is 0 Å². The average Bonchev–Trinajstić information content (AvgIpc) is 3.81. The van der Waals surface area contributed by atoms with E-state index in [1.165, 1.54) is 25.7 Å². The maximum atomic E-state index is 6.45. The maximum absolute atomic E-state index is 6.45. The van der Waals surface area contributed by atoms with Crippen LogP contribution in [0, 0.1) is 0 Å². The van der Waals surface area contributed by atoms with Gasteiger partial charge in [0.15, 0.2) is 17.5 Å². The summed E-state index contributed by atoms with van der Waals surface area (Å²) in [6, 6.07) is 45.0. The Morgan fingerprint density at radius 2 is 1.00 bits per heavy atom. The van der Waals surface area contributed by atoms with Crippen LogP contribution in [0.15, 0.2) is 138 Å². The summed E-state index contributed by atoms with van der Waals surface area (Å²) in [5.74, 6) is 1.56. The van der Waals surface area contributed by atoms with Crippen molar-refractivity contribution in [3.63, 3.8) is 0 Å². The SMILES string of the molecule is [B]c1c([B])c([B])c(-c2ccc(-c3nc(-c4ccccc4)nc(-c4cccc5oc6ccc(-c7cccc8c7sc7ccccc78)cc6c45)n3)cc2)c([B])c1[B]. The summed E-state index contributed by atoms with van der Waals surface area (Å²) in [4.78, 5) is 15.1. The van der Waals surface area contributed by atoms with Crippen LogP contribution in [-0.4, -0.2) is 54.2 Å². The number of aromatic nitrogens is 3. The average molecular weight is 707 g/mol. The van der Waals surface area contributed by atoms with E-state index in [2.05, 4.69) is 60.7 Å². The van der Waals surface area contributed by atoms with E-state index in [4.69, 9.17) is 58.6 Å². The Bertz CT molecular complexity index is 3130. The first kappa shape index (κ1) is 33.5. The molecule has 0 bridgehead atoms. The van der Waals surface area contributed by atoms with E-state index < -0.39 is 0 Å². The van der Waals surface area contributed by atoms with Crippen LogP contribution in [0.2, 0.25) is 0 Å². The molecule has 0 N–H and O–H groups in total. The van der Waals surface area contributed by atoms with Crippen molar-refractivity contribution in [3.05, 3.63) is 133 Å². The van der Waals surface area contributed by atoms with E-state index >= 15 is 0 Å². The quantitative estimate of drug-likeness (QED) is 0.194. The predicted molar refractivity (Wildman–Crippen MR) is 234 cm³/mol. The number of nitrogens with zero attached hydrogens (tertiary/aromatic N) is 3. The molecule has 3 heterocycles. The summed E-state index contributed by atoms with van der Waals surface area (Å²) in [5, 5.41) is 4.43. The highest BCUT2D eigenvalue weighted by molar-refractivity contribution is 7.26. The lowest BCUT2D eigenvalue weighted by Gasteiger charge is -2.21. The van der Waals surface area contributed by atoms with Crippen molar-refractivity contribution in [2.75, 3.05) is 0 Å². The van der Waals surface area contributed by atoms with Crippen LogP contribution in [-0.2, 0) is 0 Å². The molecule has 0 saturated carbocycles. The number of thiophene rings is 1. The zero-order chi connectivity index (χ0) is 37.4. The summed E-state index contributed by atoms with van der Waals surface area (Å²) in [6.07, 6.45) is 0. The normalized spacial score (nSPS) is 11.6. The minimum atomic E-state index is 0.173. The number of rotatable bonds is 5. The van der Waals surface area contributed by atoms with Crippen molar-refractivity contribution in [1.29, 1.82) is 0 Å². The second-order valence-electron chi connectivity index (χ2n) is 13.5. The maximum Gasteiger partial charge on any atom is 0.164 e. The third-order valence-corrected chi connectivity index (χ3v) is 11.5. The Kier molecular flexibility index (Phi) is 7.93. The molecule has 0 aliphatic carbocycles. The number of hydrogen-bond acceptors (Lipinski definition) is 5. The number of hydrogen-bond donors (Lipinski definition) is 0. The van der Waals surface area contributed by atoms with E-state index in [1.54, 1.807) is 0 Å². The fourth-order valence-corrected chi connectivity index (χ4v) is 8.68. The van der Waals surface area contributed by atoms with Crippen LogP contribution < -0.4 is 27.3 Å². The molecule has 7 aromatic carbocycles. The molecule has 0 fully saturated rings. The van der Waals surface area contributed by atoms with Gasteiger partial charge < -0.3 is 4.42 Å². The highest BCUT2D eigenvalue weighted by Crippen LogP contribution is 2.42. The molecule has 0 aliphatic rings. The molecule has 0 spiro atoms. The van der Waals surface area contributed by atoms with E-state index in [9.17, 15) is 0 Å². The fourth-order valence-electron chi connectivity index (χ4n) is 7.44. The molecule has 10 aromatic rings. The minimum absolute atomic E-state index is 0.173. The highest BCUT2D eigenvalue weighted by atomic mass is 32.1. The van der Waals surface area contributed by atoms with Gasteiger partial charge in [-0.15, -0.1) is 27.7 Å². The van der Waals surface area contributed by atoms with Crippen LogP contribution in [0.5, 0.6) is 0 Å². The summed E-state index contributed by atoms with van der Waals surface area (Å²) in [7, 11) is 31.2. The van der Waals surface area contributed by atoms with Crippen LogP contribution in [0.1, 0.15) is 0 Å². The van der Waals surface area contributed by atoms with Crippen molar-refractivity contribution >= 4 is 120 Å². The molecule has 10 rings (SSSR count). The van der Waals surface area contributed by atoms with Gasteiger partial charge in [0.2, 0.25) is 0 Å². The molecule has 0 atom stereocenters. The van der Waals surface area contributed by atoms with Crippen LogP contribution in [0.4, 0.5) is 0 Å². The summed E-state index contributed by atoms with van der Waals surface area (Å²) >= 11 is 1.82. The smallest absolute Gasteiger partial charge is 0.164 e. The van der Waals surface area contributed by atoms with Crippen molar-refractivity contribution in [2.24, 2.45) is 0 Å². The van der Waals surface area contributed by atoms with Crippen LogP contribution in [0.25, 0.3) is 98.5 Å². The molecule has 0 aliphatic heterocycles. The van der Waals surface area contributed by atoms with Gasteiger partial charge in [0, 0.05) is 47.6 Å². The topological polar surface area (TPSA) is 51.8 Å². The molecule has 244 valence electrons. The lowest BCUT2D eigenvalue weighted by atomic mass is 9.59. The Morgan fingerprint density at radius 1 is 0.418 bits per heavy atom. The lowest BCUT2D eigenvalue weighted by molar-refractivity contribution is 0.669. The molecule has 0 unspecified atom stereocenters. The van der Waals surface area contributed by atoms with Gasteiger partial charge in [-0.25, -0.2) is 15.0 Å². The van der Waals surface area contributed by atoms with Crippen LogP contribution >= 0.6 is 11.3 Å². The second-order valence-corrected chi connectivity index (χ2v) is 14.5. The zero-order valence-electron chi connectivity index (χ0n) is 29.2. The van der Waals surface area contributed by atoms with Gasteiger partial charge in [-0.05, 0) is 46.5 Å². The fraction of sp³-hybridized carbons (Fsp3) is 0. The standard InChI is InChI=1S/C45H22B5N3OS/c46-37-35(38(47)40(49)41(50)39(37)48)23-16-18-25(19-17-23)44-51-43(24-8-2-1-3-9-24)52-45(53-44)30-13-7-14-33-36(30)31-22-26(20-21-32(31)54-33)27-11-6-12-29-28-10-4-5-15-34(28)55-42(27)29/h1-22H. The van der Waals surface area contributed by atoms with Gasteiger partial charge in [0.25, 0.3) is 0 Å².